The van der Waals surface area contributed by atoms with E-state index in [-0.39, 0.29) is 33.9 Å². The molecule has 2 aromatic heterocycles. The number of thioether (sulfide) groups is 1. The maximum atomic E-state index is 13.6. The van der Waals surface area contributed by atoms with Crippen LogP contribution >= 0.6 is 27.7 Å². The number of anilines is 3. The standard InChI is InChI=1S/C17H12BrF2N5O4S/c18-11-4-3-10(29-11)15(27)23-13-14(21)24-17(25-16(13)28)30-6-12(26)22-9-2-1-7(19)5-8(9)20/h1-5H,6H2,(H,22,26)(H,23,27)(H3,21,24,25,28). The summed E-state index contributed by atoms with van der Waals surface area (Å²) >= 11 is 3.88. The Hall–Kier alpha value is -3.19. The largest absolute Gasteiger partial charge is 0.444 e. The third-order valence-corrected chi connectivity index (χ3v) is 4.81. The molecule has 9 nitrogen and oxygen atoms in total. The number of rotatable bonds is 6. The van der Waals surface area contributed by atoms with E-state index >= 15 is 0 Å². The molecule has 0 fully saturated rings. The number of carbonyl (C=O) groups excluding carboxylic acids is 2. The maximum absolute atomic E-state index is 13.6. The highest BCUT2D eigenvalue weighted by Crippen LogP contribution is 2.20. The van der Waals surface area contributed by atoms with Crippen molar-refractivity contribution in [2.24, 2.45) is 0 Å². The van der Waals surface area contributed by atoms with Gasteiger partial charge in [-0.05, 0) is 40.2 Å². The molecule has 5 N–H and O–H groups in total. The highest BCUT2D eigenvalue weighted by molar-refractivity contribution is 9.10. The van der Waals surface area contributed by atoms with Crippen molar-refractivity contribution in [2.75, 3.05) is 22.1 Å². The van der Waals surface area contributed by atoms with E-state index in [9.17, 15) is 23.2 Å². The second kappa shape index (κ2) is 9.09. The van der Waals surface area contributed by atoms with Crippen molar-refractivity contribution < 1.29 is 22.8 Å². The quantitative estimate of drug-likeness (QED) is 0.301. The molecule has 0 spiro atoms. The summed E-state index contributed by atoms with van der Waals surface area (Å²) in [5, 5.41) is 4.57. The van der Waals surface area contributed by atoms with Crippen LogP contribution in [0.5, 0.6) is 0 Å². The number of H-pyrrole nitrogens is 1. The van der Waals surface area contributed by atoms with Crippen LogP contribution in [0.25, 0.3) is 0 Å². The number of hydrogen-bond donors (Lipinski definition) is 4. The van der Waals surface area contributed by atoms with Crippen LogP contribution in [0, 0.1) is 11.6 Å². The minimum absolute atomic E-state index is 0.00553. The smallest absolute Gasteiger partial charge is 0.291 e. The first-order valence-corrected chi connectivity index (χ1v) is 9.85. The molecule has 1 aromatic carbocycles. The summed E-state index contributed by atoms with van der Waals surface area (Å²) in [6.45, 7) is 0. The van der Waals surface area contributed by atoms with Gasteiger partial charge >= 0.3 is 0 Å². The summed E-state index contributed by atoms with van der Waals surface area (Å²) in [6, 6.07) is 5.62. The molecule has 0 aliphatic carbocycles. The Bertz CT molecular complexity index is 1180. The Labute approximate surface area is 179 Å². The van der Waals surface area contributed by atoms with Gasteiger partial charge in [0.2, 0.25) is 5.91 Å². The van der Waals surface area contributed by atoms with Gasteiger partial charge in [-0.2, -0.15) is 0 Å². The predicted octanol–water partition coefficient (Wildman–Crippen LogP) is 2.97. The number of benzene rings is 1. The molecule has 0 unspecified atom stereocenters. The maximum Gasteiger partial charge on any atom is 0.291 e. The molecule has 0 radical (unpaired) electrons. The van der Waals surface area contributed by atoms with Gasteiger partial charge in [0.1, 0.15) is 11.6 Å². The van der Waals surface area contributed by atoms with Gasteiger partial charge in [0.15, 0.2) is 27.1 Å². The summed E-state index contributed by atoms with van der Waals surface area (Å²) < 4.78 is 31.9. The molecule has 0 saturated heterocycles. The summed E-state index contributed by atoms with van der Waals surface area (Å²) in [4.78, 5) is 42.5. The zero-order valence-corrected chi connectivity index (χ0v) is 17.2. The second-order valence-corrected chi connectivity index (χ2v) is 7.40. The number of carbonyl (C=O) groups is 2. The van der Waals surface area contributed by atoms with Crippen LogP contribution in [0.4, 0.5) is 26.0 Å². The SMILES string of the molecule is Nc1nc(SCC(=O)Nc2ccc(F)cc2F)[nH]c(=O)c1NC(=O)c1ccc(Br)o1. The number of nitrogens with one attached hydrogen (secondary N) is 3. The molecule has 2 amide bonds. The lowest BCUT2D eigenvalue weighted by molar-refractivity contribution is -0.113. The molecule has 3 aromatic rings. The third kappa shape index (κ3) is 5.24. The van der Waals surface area contributed by atoms with Crippen LogP contribution < -0.4 is 21.9 Å². The number of aromatic amines is 1. The van der Waals surface area contributed by atoms with E-state index in [4.69, 9.17) is 10.2 Å². The lowest BCUT2D eigenvalue weighted by atomic mass is 10.3. The van der Waals surface area contributed by atoms with Gasteiger partial charge in [0.05, 0.1) is 11.4 Å². The summed E-state index contributed by atoms with van der Waals surface area (Å²) in [5.74, 6) is -3.59. The molecular formula is C17H12BrF2N5O4S. The van der Waals surface area contributed by atoms with Crippen molar-refractivity contribution in [2.45, 2.75) is 5.16 Å². The van der Waals surface area contributed by atoms with Crippen molar-refractivity contribution >= 4 is 56.7 Å². The third-order valence-electron chi connectivity index (χ3n) is 3.51. The molecule has 0 aliphatic heterocycles. The topological polar surface area (TPSA) is 143 Å². The summed E-state index contributed by atoms with van der Waals surface area (Å²) in [5.41, 5.74) is 4.52. The molecule has 0 bridgehead atoms. The number of nitrogens with zero attached hydrogens (tertiary/aromatic N) is 1. The van der Waals surface area contributed by atoms with Crippen molar-refractivity contribution in [3.63, 3.8) is 0 Å². The van der Waals surface area contributed by atoms with E-state index in [1.165, 1.54) is 12.1 Å². The molecule has 13 heteroatoms. The molecule has 0 saturated carbocycles. The molecular weight excluding hydrogens is 488 g/mol. The Balaban J connectivity index is 1.64. The van der Waals surface area contributed by atoms with E-state index in [1.807, 2.05) is 0 Å². The minimum Gasteiger partial charge on any atom is -0.444 e. The minimum atomic E-state index is -0.923. The lowest BCUT2D eigenvalue weighted by Gasteiger charge is -2.08. The summed E-state index contributed by atoms with van der Waals surface area (Å²) in [6.07, 6.45) is 0. The molecule has 0 aliphatic rings. The Morgan fingerprint density at radius 3 is 2.63 bits per heavy atom. The molecule has 156 valence electrons. The van der Waals surface area contributed by atoms with Gasteiger partial charge in [0.25, 0.3) is 11.5 Å². The lowest BCUT2D eigenvalue weighted by Crippen LogP contribution is -2.23. The predicted molar refractivity (Wildman–Crippen MR) is 109 cm³/mol. The van der Waals surface area contributed by atoms with Gasteiger partial charge in [-0.15, -0.1) is 0 Å². The van der Waals surface area contributed by atoms with Crippen LogP contribution in [0.15, 0.2) is 49.4 Å². The highest BCUT2D eigenvalue weighted by Gasteiger charge is 2.17. The number of hydrogen-bond acceptors (Lipinski definition) is 7. The Morgan fingerprint density at radius 2 is 2.00 bits per heavy atom. The van der Waals surface area contributed by atoms with Gasteiger partial charge in [-0.1, -0.05) is 11.8 Å². The van der Waals surface area contributed by atoms with E-state index in [1.54, 1.807) is 0 Å². The number of amides is 2. The monoisotopic (exact) mass is 499 g/mol. The number of nitrogen functional groups attached to an aromatic ring is 1. The van der Waals surface area contributed by atoms with Crippen LogP contribution in [-0.4, -0.2) is 27.5 Å². The first-order chi connectivity index (χ1) is 14.2. The van der Waals surface area contributed by atoms with Crippen LogP contribution in [0.1, 0.15) is 10.6 Å². The van der Waals surface area contributed by atoms with Gasteiger partial charge in [0, 0.05) is 6.07 Å². The second-order valence-electron chi connectivity index (χ2n) is 5.65. The Morgan fingerprint density at radius 1 is 1.23 bits per heavy atom. The first-order valence-electron chi connectivity index (χ1n) is 8.07. The van der Waals surface area contributed by atoms with Crippen molar-refractivity contribution in [1.29, 1.82) is 0 Å². The fourth-order valence-corrected chi connectivity index (χ4v) is 3.16. The summed E-state index contributed by atoms with van der Waals surface area (Å²) in [7, 11) is 0. The normalized spacial score (nSPS) is 10.6. The fraction of sp³-hybridized carbons (Fsp3) is 0.0588. The average molecular weight is 500 g/mol. The highest BCUT2D eigenvalue weighted by atomic mass is 79.9. The number of halogens is 3. The first kappa shape index (κ1) is 21.5. The number of nitrogens with two attached hydrogens (primary N) is 1. The molecule has 30 heavy (non-hydrogen) atoms. The molecule has 0 atom stereocenters. The van der Waals surface area contributed by atoms with E-state index in [2.05, 4.69) is 36.5 Å². The van der Waals surface area contributed by atoms with E-state index in [0.717, 1.165) is 23.9 Å². The van der Waals surface area contributed by atoms with Crippen molar-refractivity contribution in [3.05, 3.63) is 62.7 Å². The molecule has 2 heterocycles. The van der Waals surface area contributed by atoms with Gasteiger partial charge in [-0.25, -0.2) is 13.8 Å². The van der Waals surface area contributed by atoms with E-state index in [0.29, 0.717) is 10.7 Å². The van der Waals surface area contributed by atoms with E-state index < -0.39 is 29.0 Å². The average Bonchev–Trinajstić information content (AvgIpc) is 3.11. The number of aromatic nitrogens is 2. The zero-order chi connectivity index (χ0) is 21.8. The fourth-order valence-electron chi connectivity index (χ4n) is 2.18. The van der Waals surface area contributed by atoms with Crippen LogP contribution in [-0.2, 0) is 4.79 Å². The van der Waals surface area contributed by atoms with Crippen LogP contribution in [0.2, 0.25) is 0 Å². The molecule has 3 rings (SSSR count). The van der Waals surface area contributed by atoms with Gasteiger partial charge in [-0.3, -0.25) is 19.4 Å². The van der Waals surface area contributed by atoms with Gasteiger partial charge < -0.3 is 20.8 Å². The Kier molecular flexibility index (Phi) is 6.52. The van der Waals surface area contributed by atoms with Crippen molar-refractivity contribution in [1.82, 2.24) is 9.97 Å². The van der Waals surface area contributed by atoms with Crippen LogP contribution in [0.3, 0.4) is 0 Å². The zero-order valence-electron chi connectivity index (χ0n) is 14.8. The van der Waals surface area contributed by atoms with Crippen molar-refractivity contribution in [3.8, 4) is 0 Å². The number of furan rings is 1.